The number of unbranched alkanes of at least 4 members (excludes halogenated alkanes) is 1. The second kappa shape index (κ2) is 12.1. The van der Waals surface area contributed by atoms with E-state index in [1.54, 1.807) is 6.07 Å². The largest absolute Gasteiger partial charge is 1.00 e. The van der Waals surface area contributed by atoms with Crippen LogP contribution in [0.5, 0.6) is 0 Å². The number of benzene rings is 2. The maximum absolute atomic E-state index is 13.2. The molecule has 174 valence electrons. The maximum atomic E-state index is 13.2. The third kappa shape index (κ3) is 6.06. The molecule has 0 aliphatic rings. The summed E-state index contributed by atoms with van der Waals surface area (Å²) in [6.07, 6.45) is 5.57. The number of nitrogens with zero attached hydrogens (tertiary/aromatic N) is 2. The van der Waals surface area contributed by atoms with Crippen LogP contribution in [0.25, 0.3) is 10.9 Å². The van der Waals surface area contributed by atoms with Crippen molar-refractivity contribution < 1.29 is 21.8 Å². The van der Waals surface area contributed by atoms with Gasteiger partial charge < -0.3 is 22.3 Å². The Morgan fingerprint density at radius 3 is 2.47 bits per heavy atom. The van der Waals surface area contributed by atoms with Crippen molar-refractivity contribution in [1.29, 1.82) is 0 Å². The molecule has 1 amide bonds. The van der Waals surface area contributed by atoms with Crippen molar-refractivity contribution in [2.75, 3.05) is 6.54 Å². The smallest absolute Gasteiger partial charge is 0.272 e. The van der Waals surface area contributed by atoms with E-state index in [4.69, 9.17) is 23.2 Å². The molecular formula is C25H31BrCl2N3O-. The van der Waals surface area contributed by atoms with Gasteiger partial charge in [-0.3, -0.25) is 9.48 Å². The van der Waals surface area contributed by atoms with Crippen LogP contribution in [-0.4, -0.2) is 22.2 Å². The summed E-state index contributed by atoms with van der Waals surface area (Å²) in [5, 5.41) is 9.88. The molecule has 1 heterocycles. The molecule has 1 N–H and O–H groups in total. The molecule has 7 heteroatoms. The first-order valence-corrected chi connectivity index (χ1v) is 11.9. The Balaban J connectivity index is 0.00000363. The average molecular weight is 540 g/mol. The Kier molecular flexibility index (Phi) is 10.1. The van der Waals surface area contributed by atoms with Crippen molar-refractivity contribution in [3.8, 4) is 0 Å². The molecule has 0 bridgehead atoms. The number of hydrogen-bond donors (Lipinski definition) is 1. The minimum atomic E-state index is -0.125. The Morgan fingerprint density at radius 2 is 1.81 bits per heavy atom. The normalized spacial score (nSPS) is 11.4. The van der Waals surface area contributed by atoms with Gasteiger partial charge in [0.2, 0.25) is 0 Å². The molecule has 0 aliphatic carbocycles. The molecule has 0 unspecified atom stereocenters. The van der Waals surface area contributed by atoms with E-state index in [0.717, 1.165) is 42.1 Å². The van der Waals surface area contributed by atoms with Crippen LogP contribution in [0.2, 0.25) is 10.0 Å². The Morgan fingerprint density at radius 1 is 1.09 bits per heavy atom. The highest BCUT2D eigenvalue weighted by Gasteiger charge is 2.27. The molecule has 0 atom stereocenters. The van der Waals surface area contributed by atoms with E-state index in [9.17, 15) is 4.79 Å². The molecule has 0 radical (unpaired) electrons. The fourth-order valence-corrected chi connectivity index (χ4v) is 4.54. The van der Waals surface area contributed by atoms with Crippen molar-refractivity contribution in [3.05, 3.63) is 63.8 Å². The van der Waals surface area contributed by atoms with E-state index in [1.165, 1.54) is 6.42 Å². The minimum absolute atomic E-state index is 0. The lowest BCUT2D eigenvalue weighted by atomic mass is 9.78. The first-order chi connectivity index (χ1) is 14.9. The van der Waals surface area contributed by atoms with Crippen molar-refractivity contribution in [3.63, 3.8) is 0 Å². The standard InChI is InChI=1S/C25H31Cl2N3O.BrH/c1-4-7-14-25(5-2,6-3)17-28-24(31)23-20-10-8-9-11-22(20)30(29-23)16-18-12-13-19(26)15-21(18)27;/h8-13,15H,4-7,14,16-17H2,1-3H3,(H,28,31);1H/p-1. The molecule has 0 spiro atoms. The molecule has 3 aromatic rings. The topological polar surface area (TPSA) is 46.9 Å². The highest BCUT2D eigenvalue weighted by molar-refractivity contribution is 6.35. The molecular weight excluding hydrogens is 509 g/mol. The second-order valence-corrected chi connectivity index (χ2v) is 9.10. The summed E-state index contributed by atoms with van der Waals surface area (Å²) in [5.41, 5.74) is 2.40. The molecule has 3 rings (SSSR count). The van der Waals surface area contributed by atoms with E-state index >= 15 is 0 Å². The fourth-order valence-electron chi connectivity index (χ4n) is 4.07. The van der Waals surface area contributed by atoms with Crippen LogP contribution in [0.15, 0.2) is 42.5 Å². The number of nitrogens with one attached hydrogen (secondary N) is 1. The van der Waals surface area contributed by atoms with Gasteiger partial charge in [-0.1, -0.05) is 81.1 Å². The number of fused-ring (bicyclic) bond motifs is 1. The maximum Gasteiger partial charge on any atom is 0.272 e. The van der Waals surface area contributed by atoms with Crippen LogP contribution < -0.4 is 22.3 Å². The number of aromatic nitrogens is 2. The van der Waals surface area contributed by atoms with Crippen LogP contribution in [0.1, 0.15) is 68.9 Å². The van der Waals surface area contributed by atoms with E-state index < -0.39 is 0 Å². The molecule has 0 saturated carbocycles. The summed E-state index contributed by atoms with van der Waals surface area (Å²) in [7, 11) is 0. The molecule has 0 saturated heterocycles. The third-order valence-corrected chi connectivity index (χ3v) is 6.98. The Labute approximate surface area is 211 Å². The van der Waals surface area contributed by atoms with E-state index in [2.05, 4.69) is 31.2 Å². The number of amides is 1. The van der Waals surface area contributed by atoms with Gasteiger partial charge in [-0.25, -0.2) is 0 Å². The Hall–Kier alpha value is -1.56. The zero-order chi connectivity index (χ0) is 22.4. The van der Waals surface area contributed by atoms with Gasteiger partial charge in [-0.15, -0.1) is 0 Å². The molecule has 0 fully saturated rings. The van der Waals surface area contributed by atoms with Gasteiger partial charge in [0, 0.05) is 22.0 Å². The zero-order valence-corrected chi connectivity index (χ0v) is 22.0. The summed E-state index contributed by atoms with van der Waals surface area (Å²) >= 11 is 12.4. The van der Waals surface area contributed by atoms with Gasteiger partial charge >= 0.3 is 0 Å². The number of carbonyl (C=O) groups is 1. The Bertz CT molecular complexity index is 1050. The first-order valence-electron chi connectivity index (χ1n) is 11.1. The second-order valence-electron chi connectivity index (χ2n) is 8.25. The monoisotopic (exact) mass is 538 g/mol. The lowest BCUT2D eigenvalue weighted by Crippen LogP contribution is -3.00. The van der Waals surface area contributed by atoms with Gasteiger partial charge in [0.1, 0.15) is 0 Å². The minimum Gasteiger partial charge on any atom is -1.00 e. The predicted octanol–water partition coefficient (Wildman–Crippen LogP) is 4.12. The number of para-hydroxylation sites is 1. The first kappa shape index (κ1) is 26.7. The van der Waals surface area contributed by atoms with Crippen LogP contribution in [0.3, 0.4) is 0 Å². The summed E-state index contributed by atoms with van der Waals surface area (Å²) in [4.78, 5) is 13.2. The van der Waals surface area contributed by atoms with E-state index in [0.29, 0.717) is 28.8 Å². The SMILES string of the molecule is CCCCC(CC)(CC)CNC(=O)c1nn(Cc2ccc(Cl)cc2Cl)c2ccccc12.[Br-]. The lowest BCUT2D eigenvalue weighted by Gasteiger charge is -2.32. The van der Waals surface area contributed by atoms with Gasteiger partial charge in [0.15, 0.2) is 5.69 Å². The number of halogens is 3. The predicted molar refractivity (Wildman–Crippen MR) is 130 cm³/mol. The van der Waals surface area contributed by atoms with Gasteiger partial charge in [-0.2, -0.15) is 5.10 Å². The molecule has 1 aromatic heterocycles. The molecule has 0 aliphatic heterocycles. The van der Waals surface area contributed by atoms with E-state index in [-0.39, 0.29) is 28.3 Å². The average Bonchev–Trinajstić information content (AvgIpc) is 3.15. The van der Waals surface area contributed by atoms with Crippen LogP contribution >= 0.6 is 23.2 Å². The van der Waals surface area contributed by atoms with E-state index in [1.807, 2.05) is 41.1 Å². The fraction of sp³-hybridized carbons (Fsp3) is 0.440. The highest BCUT2D eigenvalue weighted by Crippen LogP contribution is 2.32. The van der Waals surface area contributed by atoms with Crippen LogP contribution in [0.4, 0.5) is 0 Å². The number of carbonyl (C=O) groups excluding carboxylic acids is 1. The quantitative estimate of drug-likeness (QED) is 0.421. The molecule has 4 nitrogen and oxygen atoms in total. The summed E-state index contributed by atoms with van der Waals surface area (Å²) in [5.74, 6) is -0.125. The van der Waals surface area contributed by atoms with Crippen LogP contribution in [0, 0.1) is 5.41 Å². The lowest BCUT2D eigenvalue weighted by molar-refractivity contribution is -0.0000146. The van der Waals surface area contributed by atoms with Gasteiger partial charge in [-0.05, 0) is 48.4 Å². The molecule has 2 aromatic carbocycles. The van der Waals surface area contributed by atoms with Crippen molar-refractivity contribution in [1.82, 2.24) is 15.1 Å². The summed E-state index contributed by atoms with van der Waals surface area (Å²) in [6, 6.07) is 13.2. The van der Waals surface area contributed by atoms with Gasteiger partial charge in [0.05, 0.1) is 12.1 Å². The highest BCUT2D eigenvalue weighted by atomic mass is 79.9. The summed E-state index contributed by atoms with van der Waals surface area (Å²) < 4.78 is 1.84. The number of hydrogen-bond acceptors (Lipinski definition) is 2. The van der Waals surface area contributed by atoms with Crippen molar-refractivity contribution in [2.45, 2.75) is 59.4 Å². The van der Waals surface area contributed by atoms with Crippen molar-refractivity contribution >= 4 is 40.0 Å². The van der Waals surface area contributed by atoms with Crippen molar-refractivity contribution in [2.24, 2.45) is 5.41 Å². The van der Waals surface area contributed by atoms with Crippen LogP contribution in [-0.2, 0) is 6.54 Å². The third-order valence-electron chi connectivity index (χ3n) is 6.39. The van der Waals surface area contributed by atoms with Gasteiger partial charge in [0.25, 0.3) is 5.91 Å². The summed E-state index contributed by atoms with van der Waals surface area (Å²) in [6.45, 7) is 7.77. The molecule has 32 heavy (non-hydrogen) atoms. The zero-order valence-electron chi connectivity index (χ0n) is 18.9. The number of rotatable bonds is 10.